The summed E-state index contributed by atoms with van der Waals surface area (Å²) in [6.07, 6.45) is -2.43. The second kappa shape index (κ2) is 10.2. The van der Waals surface area contributed by atoms with E-state index in [1.54, 1.807) is 12.1 Å². The van der Waals surface area contributed by atoms with Crippen molar-refractivity contribution in [3.8, 4) is 11.4 Å². The minimum absolute atomic E-state index is 0.245. The van der Waals surface area contributed by atoms with Crippen LogP contribution < -0.4 is 15.5 Å². The number of amides is 2. The zero-order chi connectivity index (χ0) is 27.9. The summed E-state index contributed by atoms with van der Waals surface area (Å²) in [6, 6.07) is 17.0. The van der Waals surface area contributed by atoms with E-state index in [9.17, 15) is 18.0 Å². The van der Waals surface area contributed by atoms with E-state index in [-0.39, 0.29) is 5.69 Å². The van der Waals surface area contributed by atoms with Gasteiger partial charge in [-0.25, -0.2) is 14.8 Å². The quantitative estimate of drug-likeness (QED) is 0.277. The summed E-state index contributed by atoms with van der Waals surface area (Å²) >= 11 is 0. The van der Waals surface area contributed by atoms with E-state index in [1.807, 2.05) is 25.4 Å². The lowest BCUT2D eigenvalue weighted by atomic mass is 10.1. The average Bonchev–Trinajstić information content (AvgIpc) is 3.34. The Balaban J connectivity index is 1.26. The molecule has 0 radical (unpaired) electrons. The first-order valence-electron chi connectivity index (χ1n) is 12.7. The Hall–Kier alpha value is -4.64. The Morgan fingerprint density at radius 1 is 0.850 bits per heavy atom. The number of urea groups is 1. The van der Waals surface area contributed by atoms with Crippen molar-refractivity contribution in [3.63, 3.8) is 0 Å². The smallest absolute Gasteiger partial charge is 0.378 e. The highest BCUT2D eigenvalue weighted by atomic mass is 19.4. The standard InChI is InChI=1S/C29H25F3N6O2/c1-37-13-12-22-24(37)11-10-23-25(22)35-26(36-27(23)38-14-16-40-17-15-38)18-2-6-20(7-3-18)33-28(39)34-21-8-4-19(5-9-21)29(30,31)32/h2-13H,14-17H2,1H3,(H2,33,34,39). The largest absolute Gasteiger partial charge is 0.416 e. The molecule has 0 saturated carbocycles. The number of alkyl halides is 3. The molecule has 3 heterocycles. The second-order valence-electron chi connectivity index (χ2n) is 9.52. The van der Waals surface area contributed by atoms with Crippen LogP contribution in [0.3, 0.4) is 0 Å². The van der Waals surface area contributed by atoms with Crippen molar-refractivity contribution in [1.82, 2.24) is 14.5 Å². The Morgan fingerprint density at radius 2 is 1.50 bits per heavy atom. The van der Waals surface area contributed by atoms with Crippen LogP contribution in [0.4, 0.5) is 35.2 Å². The molecular formula is C29H25F3N6O2. The summed E-state index contributed by atoms with van der Waals surface area (Å²) in [6.45, 7) is 2.72. The number of anilines is 3. The van der Waals surface area contributed by atoms with Gasteiger partial charge in [0.2, 0.25) is 0 Å². The predicted molar refractivity (Wildman–Crippen MR) is 149 cm³/mol. The Labute approximate surface area is 227 Å². The lowest BCUT2D eigenvalue weighted by Gasteiger charge is -2.29. The van der Waals surface area contributed by atoms with Gasteiger partial charge in [-0.1, -0.05) is 0 Å². The highest BCUT2D eigenvalue weighted by Gasteiger charge is 2.30. The maximum atomic E-state index is 12.8. The number of hydrogen-bond donors (Lipinski definition) is 2. The van der Waals surface area contributed by atoms with Crippen molar-refractivity contribution in [2.24, 2.45) is 7.05 Å². The minimum Gasteiger partial charge on any atom is -0.378 e. The second-order valence-corrected chi connectivity index (χ2v) is 9.52. The Morgan fingerprint density at radius 3 is 2.15 bits per heavy atom. The summed E-state index contributed by atoms with van der Waals surface area (Å²) in [5, 5.41) is 7.25. The molecule has 2 aromatic heterocycles. The zero-order valence-electron chi connectivity index (χ0n) is 21.5. The summed E-state index contributed by atoms with van der Waals surface area (Å²) in [5.41, 5.74) is 2.68. The molecular weight excluding hydrogens is 521 g/mol. The van der Waals surface area contributed by atoms with Gasteiger partial charge in [-0.3, -0.25) is 0 Å². The third-order valence-electron chi connectivity index (χ3n) is 6.89. The van der Waals surface area contributed by atoms with Gasteiger partial charge in [-0.05, 0) is 66.7 Å². The molecule has 2 amide bonds. The van der Waals surface area contributed by atoms with Gasteiger partial charge >= 0.3 is 12.2 Å². The number of nitrogens with one attached hydrogen (secondary N) is 2. The Bertz CT molecular complexity index is 1690. The molecule has 1 saturated heterocycles. The van der Waals surface area contributed by atoms with E-state index >= 15 is 0 Å². The van der Waals surface area contributed by atoms with E-state index < -0.39 is 17.8 Å². The normalized spacial score (nSPS) is 14.1. The molecule has 6 rings (SSSR count). The highest BCUT2D eigenvalue weighted by Crippen LogP contribution is 2.33. The fourth-order valence-corrected chi connectivity index (χ4v) is 4.81. The van der Waals surface area contributed by atoms with Gasteiger partial charge in [0.1, 0.15) is 5.82 Å². The number of aromatic nitrogens is 3. The first kappa shape index (κ1) is 25.6. The number of aryl methyl sites for hydroxylation is 1. The predicted octanol–water partition coefficient (Wildman–Crippen LogP) is 6.29. The summed E-state index contributed by atoms with van der Waals surface area (Å²) in [4.78, 5) is 24.5. The van der Waals surface area contributed by atoms with Crippen molar-refractivity contribution >= 4 is 45.0 Å². The van der Waals surface area contributed by atoms with Crippen LogP contribution in [0.2, 0.25) is 0 Å². The molecule has 0 unspecified atom stereocenters. The fourth-order valence-electron chi connectivity index (χ4n) is 4.81. The van der Waals surface area contributed by atoms with Crippen LogP contribution in [-0.4, -0.2) is 46.9 Å². The summed E-state index contributed by atoms with van der Waals surface area (Å²) in [5.74, 6) is 1.42. The number of benzene rings is 3. The molecule has 0 spiro atoms. The van der Waals surface area contributed by atoms with Gasteiger partial charge in [0.15, 0.2) is 5.82 Å². The van der Waals surface area contributed by atoms with Crippen molar-refractivity contribution < 1.29 is 22.7 Å². The fraction of sp³-hybridized carbons (Fsp3) is 0.207. The van der Waals surface area contributed by atoms with E-state index in [0.717, 1.165) is 58.4 Å². The molecule has 1 aliphatic heterocycles. The molecule has 11 heteroatoms. The van der Waals surface area contributed by atoms with Gasteiger partial charge in [0, 0.05) is 59.6 Å². The number of nitrogens with zero attached hydrogens (tertiary/aromatic N) is 4. The van der Waals surface area contributed by atoms with Crippen LogP contribution in [-0.2, 0) is 18.0 Å². The van der Waals surface area contributed by atoms with E-state index in [0.29, 0.717) is 24.7 Å². The van der Waals surface area contributed by atoms with Gasteiger partial charge < -0.3 is 24.8 Å². The number of rotatable bonds is 4. The number of carbonyl (C=O) groups is 1. The van der Waals surface area contributed by atoms with Gasteiger partial charge in [-0.2, -0.15) is 13.2 Å². The van der Waals surface area contributed by atoms with Gasteiger partial charge in [-0.15, -0.1) is 0 Å². The molecule has 1 aliphatic rings. The van der Waals surface area contributed by atoms with E-state index in [1.165, 1.54) is 12.1 Å². The van der Waals surface area contributed by atoms with Crippen LogP contribution in [0.5, 0.6) is 0 Å². The van der Waals surface area contributed by atoms with Crippen molar-refractivity contribution in [1.29, 1.82) is 0 Å². The van der Waals surface area contributed by atoms with Gasteiger partial charge in [0.25, 0.3) is 0 Å². The third kappa shape index (κ3) is 5.03. The van der Waals surface area contributed by atoms with Crippen LogP contribution in [0.15, 0.2) is 72.9 Å². The first-order chi connectivity index (χ1) is 19.3. The number of ether oxygens (including phenoxy) is 1. The number of carbonyl (C=O) groups excluding carboxylic acids is 1. The van der Waals surface area contributed by atoms with Crippen molar-refractivity contribution in [2.75, 3.05) is 41.8 Å². The van der Waals surface area contributed by atoms with Crippen molar-refractivity contribution in [2.45, 2.75) is 6.18 Å². The van der Waals surface area contributed by atoms with Gasteiger partial charge in [0.05, 0.1) is 24.3 Å². The Kier molecular flexibility index (Phi) is 6.51. The molecule has 5 aromatic rings. The lowest BCUT2D eigenvalue weighted by molar-refractivity contribution is -0.137. The topological polar surface area (TPSA) is 84.3 Å². The van der Waals surface area contributed by atoms with Crippen LogP contribution >= 0.6 is 0 Å². The van der Waals surface area contributed by atoms with Crippen LogP contribution in [0.25, 0.3) is 33.2 Å². The maximum Gasteiger partial charge on any atom is 0.416 e. The van der Waals surface area contributed by atoms with Crippen LogP contribution in [0, 0.1) is 0 Å². The number of fused-ring (bicyclic) bond motifs is 3. The molecule has 1 fully saturated rings. The molecule has 204 valence electrons. The molecule has 2 N–H and O–H groups in total. The number of hydrogen-bond acceptors (Lipinski definition) is 5. The summed E-state index contributed by atoms with van der Waals surface area (Å²) in [7, 11) is 2.00. The van der Waals surface area contributed by atoms with E-state index in [2.05, 4.69) is 38.3 Å². The number of morpholine rings is 1. The molecule has 0 atom stereocenters. The maximum absolute atomic E-state index is 12.8. The first-order valence-corrected chi connectivity index (χ1v) is 12.7. The molecule has 0 aliphatic carbocycles. The average molecular weight is 547 g/mol. The molecule has 0 bridgehead atoms. The summed E-state index contributed by atoms with van der Waals surface area (Å²) < 4.78 is 45.9. The van der Waals surface area contributed by atoms with E-state index in [4.69, 9.17) is 14.7 Å². The highest BCUT2D eigenvalue weighted by molar-refractivity contribution is 6.08. The molecule has 3 aromatic carbocycles. The zero-order valence-corrected chi connectivity index (χ0v) is 21.5. The third-order valence-corrected chi connectivity index (χ3v) is 6.89. The van der Waals surface area contributed by atoms with Crippen molar-refractivity contribution in [3.05, 3.63) is 78.5 Å². The number of halogens is 3. The minimum atomic E-state index is -4.44. The lowest BCUT2D eigenvalue weighted by Crippen LogP contribution is -2.37. The monoisotopic (exact) mass is 546 g/mol. The molecule has 40 heavy (non-hydrogen) atoms. The SMILES string of the molecule is Cn1ccc2c3nc(-c4ccc(NC(=O)Nc5ccc(C(F)(F)F)cc5)cc4)nc(N4CCOCC4)c3ccc21. The molecule has 8 nitrogen and oxygen atoms in total. The van der Waals surface area contributed by atoms with Crippen LogP contribution in [0.1, 0.15) is 5.56 Å².